The zero-order valence-corrected chi connectivity index (χ0v) is 8.79. The van der Waals surface area contributed by atoms with Gasteiger partial charge in [0.25, 0.3) is 0 Å². The summed E-state index contributed by atoms with van der Waals surface area (Å²) >= 11 is 0. The van der Waals surface area contributed by atoms with Gasteiger partial charge in [0.05, 0.1) is 12.2 Å². The van der Waals surface area contributed by atoms with Gasteiger partial charge in [0, 0.05) is 17.4 Å². The van der Waals surface area contributed by atoms with Crippen molar-refractivity contribution in [1.82, 2.24) is 0 Å². The Morgan fingerprint density at radius 3 is 1.67 bits per heavy atom. The minimum atomic E-state index is -0.0862. The predicted octanol–water partition coefficient (Wildman–Crippen LogP) is 1.78. The molecule has 0 saturated carbocycles. The van der Waals surface area contributed by atoms with Crippen molar-refractivity contribution in [2.45, 2.75) is 52.4 Å². The first kappa shape index (κ1) is 10.0. The van der Waals surface area contributed by atoms with Crippen molar-refractivity contribution < 1.29 is 4.74 Å². The molecule has 0 spiro atoms. The molecule has 72 valence electrons. The maximum Gasteiger partial charge on any atom is 0.0593 e. The van der Waals surface area contributed by atoms with Crippen LogP contribution in [0.3, 0.4) is 0 Å². The third kappa shape index (κ3) is 1.38. The zero-order chi connectivity index (χ0) is 9.52. The Bertz CT molecular complexity index is 151. The molecule has 4 atom stereocenters. The van der Waals surface area contributed by atoms with E-state index in [4.69, 9.17) is 10.5 Å². The van der Waals surface area contributed by atoms with Crippen molar-refractivity contribution in [3.63, 3.8) is 0 Å². The summed E-state index contributed by atoms with van der Waals surface area (Å²) in [7, 11) is 0. The highest BCUT2D eigenvalue weighted by atomic mass is 16.5. The van der Waals surface area contributed by atoms with E-state index in [0.29, 0.717) is 11.8 Å². The molecule has 1 rings (SSSR count). The normalized spacial score (nSPS) is 55.5. The second-order valence-corrected chi connectivity index (χ2v) is 4.49. The maximum atomic E-state index is 6.27. The van der Waals surface area contributed by atoms with Crippen LogP contribution in [0.5, 0.6) is 0 Å². The van der Waals surface area contributed by atoms with Crippen LogP contribution in [-0.2, 0) is 4.74 Å². The summed E-state index contributed by atoms with van der Waals surface area (Å²) in [6, 6.07) is 0. The van der Waals surface area contributed by atoms with E-state index in [1.165, 1.54) is 0 Å². The van der Waals surface area contributed by atoms with Crippen LogP contribution in [0.25, 0.3) is 0 Å². The van der Waals surface area contributed by atoms with Gasteiger partial charge >= 0.3 is 0 Å². The fourth-order valence-electron chi connectivity index (χ4n) is 2.00. The van der Waals surface area contributed by atoms with Crippen LogP contribution in [0, 0.1) is 11.8 Å². The number of ether oxygens (including phenoxy) is 1. The van der Waals surface area contributed by atoms with E-state index in [1.807, 2.05) is 0 Å². The molecule has 1 aliphatic heterocycles. The predicted molar refractivity (Wildman–Crippen MR) is 50.9 cm³/mol. The Morgan fingerprint density at radius 1 is 1.00 bits per heavy atom. The molecule has 1 fully saturated rings. The molecule has 0 aromatic rings. The van der Waals surface area contributed by atoms with Gasteiger partial charge in [-0.05, 0) is 20.8 Å². The second-order valence-electron chi connectivity index (χ2n) is 4.49. The molecular weight excluding hydrogens is 150 g/mol. The first-order valence-corrected chi connectivity index (χ1v) is 4.81. The van der Waals surface area contributed by atoms with Crippen LogP contribution in [0.2, 0.25) is 0 Å². The Morgan fingerprint density at radius 2 is 1.33 bits per heavy atom. The van der Waals surface area contributed by atoms with Crippen LogP contribution >= 0.6 is 0 Å². The standard InChI is InChI=1S/C10H21NO/c1-6-8(3)12-9(4)7(2)10(6,5)11/h6-9H,11H2,1-5H3. The number of hydrogen-bond acceptors (Lipinski definition) is 2. The van der Waals surface area contributed by atoms with E-state index in [-0.39, 0.29) is 17.7 Å². The fraction of sp³-hybridized carbons (Fsp3) is 1.00. The molecule has 1 aliphatic rings. The minimum Gasteiger partial charge on any atom is -0.375 e. The highest BCUT2D eigenvalue weighted by Gasteiger charge is 2.43. The lowest BCUT2D eigenvalue weighted by atomic mass is 9.71. The largest absolute Gasteiger partial charge is 0.375 e. The Kier molecular flexibility index (Phi) is 2.50. The quantitative estimate of drug-likeness (QED) is 0.603. The van der Waals surface area contributed by atoms with Crippen molar-refractivity contribution in [2.24, 2.45) is 17.6 Å². The molecule has 2 heteroatoms. The fourth-order valence-corrected chi connectivity index (χ4v) is 2.00. The van der Waals surface area contributed by atoms with Crippen molar-refractivity contribution in [2.75, 3.05) is 0 Å². The third-order valence-corrected chi connectivity index (χ3v) is 3.80. The third-order valence-electron chi connectivity index (χ3n) is 3.80. The van der Waals surface area contributed by atoms with Crippen molar-refractivity contribution in [3.8, 4) is 0 Å². The molecule has 1 saturated heterocycles. The smallest absolute Gasteiger partial charge is 0.0593 e. The SMILES string of the molecule is CC1OC(C)C(C)C(C)(N)C1C. The monoisotopic (exact) mass is 171 g/mol. The summed E-state index contributed by atoms with van der Waals surface area (Å²) in [5, 5.41) is 0. The van der Waals surface area contributed by atoms with Gasteiger partial charge in [0.1, 0.15) is 0 Å². The van der Waals surface area contributed by atoms with E-state index in [2.05, 4.69) is 34.6 Å². The number of hydrogen-bond donors (Lipinski definition) is 1. The maximum absolute atomic E-state index is 6.27. The van der Waals surface area contributed by atoms with Crippen molar-refractivity contribution >= 4 is 0 Å². The Hall–Kier alpha value is -0.0800. The molecule has 4 unspecified atom stereocenters. The first-order chi connectivity index (χ1) is 5.37. The highest BCUT2D eigenvalue weighted by Crippen LogP contribution is 2.36. The number of rotatable bonds is 0. The zero-order valence-electron chi connectivity index (χ0n) is 8.79. The number of nitrogens with two attached hydrogens (primary N) is 1. The van der Waals surface area contributed by atoms with Gasteiger partial charge in [-0.3, -0.25) is 0 Å². The van der Waals surface area contributed by atoms with Gasteiger partial charge < -0.3 is 10.5 Å². The van der Waals surface area contributed by atoms with Crippen LogP contribution in [0.1, 0.15) is 34.6 Å². The van der Waals surface area contributed by atoms with Crippen LogP contribution in [0.4, 0.5) is 0 Å². The van der Waals surface area contributed by atoms with Crippen molar-refractivity contribution in [1.29, 1.82) is 0 Å². The van der Waals surface area contributed by atoms with E-state index >= 15 is 0 Å². The molecule has 2 N–H and O–H groups in total. The lowest BCUT2D eigenvalue weighted by molar-refractivity contribution is -0.126. The van der Waals surface area contributed by atoms with E-state index in [0.717, 1.165) is 0 Å². The molecular formula is C10H21NO. The van der Waals surface area contributed by atoms with E-state index in [9.17, 15) is 0 Å². The molecule has 0 aromatic heterocycles. The Balaban J connectivity index is 2.82. The van der Waals surface area contributed by atoms with E-state index in [1.54, 1.807) is 0 Å². The van der Waals surface area contributed by atoms with Gasteiger partial charge in [-0.2, -0.15) is 0 Å². The average Bonchev–Trinajstić information content (AvgIpc) is 1.99. The lowest BCUT2D eigenvalue weighted by Crippen LogP contribution is -2.60. The van der Waals surface area contributed by atoms with E-state index < -0.39 is 0 Å². The van der Waals surface area contributed by atoms with Gasteiger partial charge in [0.15, 0.2) is 0 Å². The molecule has 0 bridgehead atoms. The topological polar surface area (TPSA) is 35.2 Å². The molecule has 0 radical (unpaired) electrons. The molecule has 0 aliphatic carbocycles. The van der Waals surface area contributed by atoms with Crippen LogP contribution in [0.15, 0.2) is 0 Å². The summed E-state index contributed by atoms with van der Waals surface area (Å²) in [6.07, 6.45) is 0.567. The second kappa shape index (κ2) is 3.00. The van der Waals surface area contributed by atoms with Gasteiger partial charge in [0.2, 0.25) is 0 Å². The molecule has 0 aromatic carbocycles. The summed E-state index contributed by atoms with van der Waals surface area (Å²) in [5.41, 5.74) is 6.18. The van der Waals surface area contributed by atoms with Gasteiger partial charge in [-0.25, -0.2) is 0 Å². The first-order valence-electron chi connectivity index (χ1n) is 4.81. The molecule has 2 nitrogen and oxygen atoms in total. The summed E-state index contributed by atoms with van der Waals surface area (Å²) in [6.45, 7) is 10.7. The van der Waals surface area contributed by atoms with Crippen molar-refractivity contribution in [3.05, 3.63) is 0 Å². The summed E-state index contributed by atoms with van der Waals surface area (Å²) in [4.78, 5) is 0. The van der Waals surface area contributed by atoms with Gasteiger partial charge in [-0.15, -0.1) is 0 Å². The molecule has 12 heavy (non-hydrogen) atoms. The Labute approximate surface area is 75.5 Å². The molecule has 0 amide bonds. The minimum absolute atomic E-state index is 0.0862. The van der Waals surface area contributed by atoms with Gasteiger partial charge in [-0.1, -0.05) is 13.8 Å². The lowest BCUT2D eigenvalue weighted by Gasteiger charge is -2.48. The molecule has 1 heterocycles. The summed E-state index contributed by atoms with van der Waals surface area (Å²) in [5.74, 6) is 0.868. The van der Waals surface area contributed by atoms with Crippen LogP contribution in [-0.4, -0.2) is 17.7 Å². The average molecular weight is 171 g/mol. The summed E-state index contributed by atoms with van der Waals surface area (Å²) < 4.78 is 5.77. The highest BCUT2D eigenvalue weighted by molar-refractivity contribution is 4.97. The van der Waals surface area contributed by atoms with Crippen LogP contribution < -0.4 is 5.73 Å².